The molecule has 0 saturated heterocycles. The second-order valence-corrected chi connectivity index (χ2v) is 1.61. The van der Waals surface area contributed by atoms with Crippen LogP contribution < -0.4 is 11.3 Å². The molecule has 0 spiro atoms. The molecule has 4 heteroatoms. The van der Waals surface area contributed by atoms with Gasteiger partial charge in [0.05, 0.1) is 0 Å². The van der Waals surface area contributed by atoms with E-state index in [4.69, 9.17) is 7.85 Å². The molecule has 3 nitrogen and oxygen atoms in total. The van der Waals surface area contributed by atoms with Crippen molar-refractivity contribution in [3.63, 3.8) is 0 Å². The van der Waals surface area contributed by atoms with Crippen LogP contribution in [0, 0.1) is 0 Å². The van der Waals surface area contributed by atoms with Crippen LogP contribution >= 0.6 is 0 Å². The number of aldehydes is 1. The Labute approximate surface area is 67.0 Å². The third kappa shape index (κ3) is 3.52. The number of nitrogens with two attached hydrogens (primary N) is 1. The summed E-state index contributed by atoms with van der Waals surface area (Å²) < 4.78 is 0. The molecule has 0 unspecified atom stereocenters. The van der Waals surface area contributed by atoms with E-state index in [1.807, 2.05) is 0 Å². The number of carbonyl (C=O) groups is 1. The van der Waals surface area contributed by atoms with Crippen molar-refractivity contribution in [2.24, 2.45) is 5.73 Å². The minimum absolute atomic E-state index is 0.370. The third-order valence-electron chi connectivity index (χ3n) is 0.913. The van der Waals surface area contributed by atoms with Crippen LogP contribution in [0.25, 0.3) is 0 Å². The number of hydrogen-bond acceptors (Lipinski definition) is 3. The molecule has 0 aliphatic heterocycles. The molecule has 0 bridgehead atoms. The monoisotopic (exact) mass is 148 g/mol. The predicted octanol–water partition coefficient (Wildman–Crippen LogP) is -0.737. The fourth-order valence-electron chi connectivity index (χ4n) is 0.535. The highest BCUT2D eigenvalue weighted by Crippen LogP contribution is 1.83. The van der Waals surface area contributed by atoms with E-state index >= 15 is 0 Å². The van der Waals surface area contributed by atoms with E-state index in [0.717, 1.165) is 0 Å². The van der Waals surface area contributed by atoms with Gasteiger partial charge in [-0.2, -0.15) is 0 Å². The van der Waals surface area contributed by atoms with Crippen molar-refractivity contribution in [2.75, 3.05) is 7.05 Å². The summed E-state index contributed by atoms with van der Waals surface area (Å²) in [5.41, 5.74) is 5.25. The quantitative estimate of drug-likeness (QED) is 0.421. The number of pyridine rings is 1. The number of carbonyl (C=O) groups excluding carboxylic acids is 1. The van der Waals surface area contributed by atoms with E-state index in [0.29, 0.717) is 17.6 Å². The number of aromatic nitrogens is 1. The fraction of sp³-hybridized carbons (Fsp3) is 0.143. The Morgan fingerprint density at radius 3 is 2.55 bits per heavy atom. The molecule has 0 atom stereocenters. The van der Waals surface area contributed by atoms with Gasteiger partial charge in [-0.25, -0.2) is 0 Å². The smallest absolute Gasteiger partial charge is 0.168 e. The summed E-state index contributed by atoms with van der Waals surface area (Å²) in [6, 6.07) is 4.92. The van der Waals surface area contributed by atoms with Crippen LogP contribution in [-0.2, 0) is 0 Å². The van der Waals surface area contributed by atoms with Gasteiger partial charge in [0.1, 0.15) is 13.5 Å². The predicted molar refractivity (Wildman–Crippen MR) is 45.1 cm³/mol. The van der Waals surface area contributed by atoms with Gasteiger partial charge < -0.3 is 5.73 Å². The Hall–Kier alpha value is -1.16. The van der Waals surface area contributed by atoms with E-state index in [9.17, 15) is 4.79 Å². The Balaban J connectivity index is 0.000000461. The van der Waals surface area contributed by atoms with Crippen molar-refractivity contribution in [1.82, 2.24) is 4.98 Å². The van der Waals surface area contributed by atoms with E-state index < -0.39 is 0 Å². The molecule has 1 aromatic heterocycles. The number of hydrogen-bond donors (Lipinski definition) is 1. The highest BCUT2D eigenvalue weighted by atomic mass is 16.1. The Morgan fingerprint density at radius 2 is 2.18 bits per heavy atom. The number of nitrogens with zero attached hydrogens (tertiary/aromatic N) is 1. The molecule has 0 aliphatic rings. The zero-order chi connectivity index (χ0) is 8.69. The summed E-state index contributed by atoms with van der Waals surface area (Å²) in [6.07, 6.45) is 0.663. The first-order valence-electron chi connectivity index (χ1n) is 3.08. The van der Waals surface area contributed by atoms with Gasteiger partial charge >= 0.3 is 0 Å². The first-order valence-corrected chi connectivity index (χ1v) is 3.08. The molecule has 0 aliphatic carbocycles. The summed E-state index contributed by atoms with van der Waals surface area (Å²) in [5.74, 6) is 0. The van der Waals surface area contributed by atoms with Gasteiger partial charge in [-0.3, -0.25) is 9.78 Å². The van der Waals surface area contributed by atoms with E-state index in [1.54, 1.807) is 18.2 Å². The van der Waals surface area contributed by atoms with Crippen molar-refractivity contribution in [3.8, 4) is 0 Å². The molecule has 2 radical (unpaired) electrons. The Kier molecular flexibility index (Phi) is 5.03. The highest BCUT2D eigenvalue weighted by molar-refractivity contribution is 6.30. The zero-order valence-electron chi connectivity index (χ0n) is 6.32. The lowest BCUT2D eigenvalue weighted by Crippen LogP contribution is -2.08. The van der Waals surface area contributed by atoms with Crippen LogP contribution in [-0.4, -0.2) is 26.2 Å². The SMILES string of the molecule is CN.[B]c1cccc(C=O)n1. The maximum Gasteiger partial charge on any atom is 0.168 e. The van der Waals surface area contributed by atoms with Crippen LogP contribution in [0.4, 0.5) is 0 Å². The average molecular weight is 148 g/mol. The van der Waals surface area contributed by atoms with Gasteiger partial charge in [-0.1, -0.05) is 12.1 Å². The van der Waals surface area contributed by atoms with Crippen LogP contribution in [0.1, 0.15) is 10.5 Å². The molecule has 2 N–H and O–H groups in total. The molecule has 1 aromatic rings. The summed E-state index contributed by atoms with van der Waals surface area (Å²) in [4.78, 5) is 13.7. The molecule has 1 heterocycles. The van der Waals surface area contributed by atoms with Gasteiger partial charge in [0.25, 0.3) is 0 Å². The normalized spacial score (nSPS) is 7.82. The maximum atomic E-state index is 10.0. The highest BCUT2D eigenvalue weighted by Gasteiger charge is 1.87. The van der Waals surface area contributed by atoms with Crippen LogP contribution in [0.3, 0.4) is 0 Å². The van der Waals surface area contributed by atoms with E-state index in [2.05, 4.69) is 10.7 Å². The van der Waals surface area contributed by atoms with Crippen LogP contribution in [0.5, 0.6) is 0 Å². The van der Waals surface area contributed by atoms with Crippen molar-refractivity contribution < 1.29 is 4.79 Å². The minimum atomic E-state index is 0.370. The molecule has 11 heavy (non-hydrogen) atoms. The molecular formula is C7H9BN2O. The van der Waals surface area contributed by atoms with Crippen LogP contribution in [0.2, 0.25) is 0 Å². The van der Waals surface area contributed by atoms with E-state index in [1.165, 1.54) is 7.05 Å². The average Bonchev–Trinajstić information content (AvgIpc) is 2.08. The van der Waals surface area contributed by atoms with Crippen molar-refractivity contribution in [3.05, 3.63) is 23.9 Å². The zero-order valence-corrected chi connectivity index (χ0v) is 6.32. The first-order chi connectivity index (χ1) is 5.33. The van der Waals surface area contributed by atoms with Crippen molar-refractivity contribution in [1.29, 1.82) is 0 Å². The maximum absolute atomic E-state index is 10.0. The van der Waals surface area contributed by atoms with Gasteiger partial charge in [0.15, 0.2) is 6.29 Å². The second kappa shape index (κ2) is 5.62. The third-order valence-corrected chi connectivity index (χ3v) is 0.913. The van der Waals surface area contributed by atoms with Crippen molar-refractivity contribution >= 4 is 19.7 Å². The van der Waals surface area contributed by atoms with Gasteiger partial charge in [0.2, 0.25) is 0 Å². The molecule has 56 valence electrons. The lowest BCUT2D eigenvalue weighted by atomic mass is 10.0. The second-order valence-electron chi connectivity index (χ2n) is 1.61. The van der Waals surface area contributed by atoms with Crippen molar-refractivity contribution in [2.45, 2.75) is 0 Å². The lowest BCUT2D eigenvalue weighted by Gasteiger charge is -1.89. The summed E-state index contributed by atoms with van der Waals surface area (Å²) in [6.45, 7) is 0. The molecular weight excluding hydrogens is 139 g/mol. The molecule has 0 fully saturated rings. The Bertz CT molecular complexity index is 227. The van der Waals surface area contributed by atoms with Gasteiger partial charge in [0, 0.05) is 0 Å². The standard InChI is InChI=1S/C6H4BNO.CH5N/c7-6-3-1-2-5(4-9)8-6;1-2/h1-4H;2H2,1H3. The largest absolute Gasteiger partial charge is 0.333 e. The summed E-state index contributed by atoms with van der Waals surface area (Å²) in [7, 11) is 6.76. The van der Waals surface area contributed by atoms with E-state index in [-0.39, 0.29) is 0 Å². The molecule has 1 rings (SSSR count). The van der Waals surface area contributed by atoms with Crippen LogP contribution in [0.15, 0.2) is 18.2 Å². The lowest BCUT2D eigenvalue weighted by molar-refractivity contribution is 0.111. The van der Waals surface area contributed by atoms with Gasteiger partial charge in [-0.15, -0.1) is 0 Å². The summed E-state index contributed by atoms with van der Waals surface area (Å²) in [5, 5.41) is 0. The molecule has 0 amide bonds. The molecule has 0 aromatic carbocycles. The number of rotatable bonds is 1. The summed E-state index contributed by atoms with van der Waals surface area (Å²) >= 11 is 0. The first kappa shape index (κ1) is 9.84. The fourth-order valence-corrected chi connectivity index (χ4v) is 0.535. The topological polar surface area (TPSA) is 56.0 Å². The molecule has 0 saturated carbocycles. The Morgan fingerprint density at radius 1 is 1.55 bits per heavy atom. The van der Waals surface area contributed by atoms with Gasteiger partial charge in [-0.05, 0) is 18.7 Å². The minimum Gasteiger partial charge on any atom is -0.333 e.